The third-order valence-corrected chi connectivity index (χ3v) is 3.96. The smallest absolute Gasteiger partial charge is 0.262 e. The first kappa shape index (κ1) is 22.4. The highest BCUT2D eigenvalue weighted by molar-refractivity contribution is 7.80. The monoisotopic (exact) mass is 438 g/mol. The molecule has 0 radical (unpaired) electrons. The standard InChI is InChI=1S/C19H20ClFN4O3S/c1-3-22-19(29)25-23-10-12-8-15(20)18(16(9-12)27-2)28-11-17(26)24-14-6-4-13(21)5-7-14/h4-10H,3,11H2,1-2H3,(H,24,26)(H2,22,25,29). The Labute approximate surface area is 178 Å². The van der Waals surface area contributed by atoms with E-state index in [4.69, 9.17) is 33.3 Å². The van der Waals surface area contributed by atoms with Crippen LogP contribution in [0.5, 0.6) is 11.5 Å². The van der Waals surface area contributed by atoms with Gasteiger partial charge in [0.25, 0.3) is 5.91 Å². The molecule has 0 aliphatic rings. The van der Waals surface area contributed by atoms with Gasteiger partial charge >= 0.3 is 0 Å². The molecule has 0 saturated carbocycles. The molecule has 0 fully saturated rings. The van der Waals surface area contributed by atoms with Gasteiger partial charge in [0.2, 0.25) is 0 Å². The molecule has 0 spiro atoms. The van der Waals surface area contributed by atoms with E-state index in [1.54, 1.807) is 12.1 Å². The summed E-state index contributed by atoms with van der Waals surface area (Å²) in [6, 6.07) is 8.65. The van der Waals surface area contributed by atoms with E-state index in [1.165, 1.54) is 37.6 Å². The van der Waals surface area contributed by atoms with Gasteiger partial charge in [0.1, 0.15) is 5.82 Å². The summed E-state index contributed by atoms with van der Waals surface area (Å²) in [4.78, 5) is 12.0. The van der Waals surface area contributed by atoms with Crippen LogP contribution in [0, 0.1) is 5.82 Å². The van der Waals surface area contributed by atoms with Crippen LogP contribution in [-0.2, 0) is 4.79 Å². The van der Waals surface area contributed by atoms with Gasteiger partial charge in [-0.3, -0.25) is 10.2 Å². The van der Waals surface area contributed by atoms with Gasteiger partial charge in [-0.25, -0.2) is 4.39 Å². The van der Waals surface area contributed by atoms with Gasteiger partial charge in [-0.1, -0.05) is 11.6 Å². The second-order valence-electron chi connectivity index (χ2n) is 5.61. The van der Waals surface area contributed by atoms with Crippen molar-refractivity contribution in [2.45, 2.75) is 6.92 Å². The molecule has 2 aromatic carbocycles. The van der Waals surface area contributed by atoms with E-state index >= 15 is 0 Å². The fourth-order valence-corrected chi connectivity index (χ4v) is 2.66. The number of amides is 1. The molecule has 154 valence electrons. The number of carbonyl (C=O) groups excluding carboxylic acids is 1. The van der Waals surface area contributed by atoms with Gasteiger partial charge in [0.05, 0.1) is 18.3 Å². The molecule has 0 aliphatic heterocycles. The Morgan fingerprint density at radius 2 is 2.03 bits per heavy atom. The van der Waals surface area contributed by atoms with Crippen molar-refractivity contribution in [2.24, 2.45) is 5.10 Å². The Bertz CT molecular complexity index is 894. The number of nitrogens with zero attached hydrogens (tertiary/aromatic N) is 1. The molecule has 29 heavy (non-hydrogen) atoms. The van der Waals surface area contributed by atoms with Crippen LogP contribution in [0.3, 0.4) is 0 Å². The summed E-state index contributed by atoms with van der Waals surface area (Å²) in [7, 11) is 1.45. The molecule has 0 atom stereocenters. The van der Waals surface area contributed by atoms with Crippen LogP contribution in [-0.4, -0.2) is 37.5 Å². The van der Waals surface area contributed by atoms with Crippen LogP contribution in [0.2, 0.25) is 5.02 Å². The first-order valence-corrected chi connectivity index (χ1v) is 9.34. The zero-order valence-corrected chi connectivity index (χ0v) is 17.4. The predicted molar refractivity (Wildman–Crippen MR) is 116 cm³/mol. The minimum absolute atomic E-state index is 0.219. The Hall–Kier alpha value is -2.91. The summed E-state index contributed by atoms with van der Waals surface area (Å²) in [5.41, 5.74) is 3.76. The molecule has 1 amide bonds. The van der Waals surface area contributed by atoms with Crippen LogP contribution in [0.1, 0.15) is 12.5 Å². The average molecular weight is 439 g/mol. The fraction of sp³-hybridized carbons (Fsp3) is 0.211. The van der Waals surface area contributed by atoms with Crippen molar-refractivity contribution >= 4 is 46.7 Å². The molecular weight excluding hydrogens is 419 g/mol. The number of methoxy groups -OCH3 is 1. The maximum Gasteiger partial charge on any atom is 0.262 e. The van der Waals surface area contributed by atoms with E-state index in [1.807, 2.05) is 6.92 Å². The maximum atomic E-state index is 12.9. The summed E-state index contributed by atoms with van der Waals surface area (Å²) in [6.07, 6.45) is 1.52. The van der Waals surface area contributed by atoms with E-state index in [0.29, 0.717) is 28.7 Å². The third-order valence-electron chi connectivity index (χ3n) is 3.44. The second kappa shape index (κ2) is 11.2. The van der Waals surface area contributed by atoms with Crippen LogP contribution in [0.4, 0.5) is 10.1 Å². The zero-order valence-electron chi connectivity index (χ0n) is 15.8. The van der Waals surface area contributed by atoms with E-state index in [0.717, 1.165) is 0 Å². The summed E-state index contributed by atoms with van der Waals surface area (Å²) in [5, 5.41) is 10.1. The Kier molecular flexibility index (Phi) is 8.63. The lowest BCUT2D eigenvalue weighted by atomic mass is 10.2. The van der Waals surface area contributed by atoms with Crippen LogP contribution >= 0.6 is 23.8 Å². The number of ether oxygens (including phenoxy) is 2. The summed E-state index contributed by atoms with van der Waals surface area (Å²) >= 11 is 11.3. The lowest BCUT2D eigenvalue weighted by Crippen LogP contribution is -2.31. The number of anilines is 1. The first-order chi connectivity index (χ1) is 13.9. The Morgan fingerprint density at radius 1 is 1.31 bits per heavy atom. The number of halogens is 2. The van der Waals surface area contributed by atoms with Crippen molar-refractivity contribution in [3.05, 3.63) is 52.8 Å². The molecule has 10 heteroatoms. The fourth-order valence-electron chi connectivity index (χ4n) is 2.19. The van der Waals surface area contributed by atoms with Crippen molar-refractivity contribution in [2.75, 3.05) is 25.6 Å². The largest absolute Gasteiger partial charge is 0.493 e. The van der Waals surface area contributed by atoms with E-state index in [9.17, 15) is 9.18 Å². The normalized spacial score (nSPS) is 10.5. The third kappa shape index (κ3) is 7.20. The summed E-state index contributed by atoms with van der Waals surface area (Å²) < 4.78 is 23.7. The number of hydrogen-bond acceptors (Lipinski definition) is 5. The quantitative estimate of drug-likeness (QED) is 0.333. The van der Waals surface area contributed by atoms with E-state index < -0.39 is 11.7 Å². The lowest BCUT2D eigenvalue weighted by molar-refractivity contribution is -0.118. The van der Waals surface area contributed by atoms with Gasteiger partial charge < -0.3 is 20.1 Å². The van der Waals surface area contributed by atoms with Crippen LogP contribution < -0.4 is 25.5 Å². The van der Waals surface area contributed by atoms with E-state index in [2.05, 4.69) is 21.2 Å². The topological polar surface area (TPSA) is 84.0 Å². The van der Waals surface area contributed by atoms with Gasteiger partial charge in [-0.2, -0.15) is 5.10 Å². The second-order valence-corrected chi connectivity index (χ2v) is 6.42. The molecule has 2 aromatic rings. The molecule has 0 aromatic heterocycles. The van der Waals surface area contributed by atoms with Gasteiger partial charge in [0, 0.05) is 12.2 Å². The Balaban J connectivity index is 2.01. The number of benzene rings is 2. The number of rotatable bonds is 8. The van der Waals surface area contributed by atoms with Crippen molar-refractivity contribution in [1.29, 1.82) is 0 Å². The molecular formula is C19H20ClFN4O3S. The molecule has 0 heterocycles. The highest BCUT2D eigenvalue weighted by Crippen LogP contribution is 2.36. The van der Waals surface area contributed by atoms with Crippen molar-refractivity contribution < 1.29 is 18.7 Å². The highest BCUT2D eigenvalue weighted by atomic mass is 35.5. The summed E-state index contributed by atoms with van der Waals surface area (Å²) in [5.74, 6) is -0.265. The van der Waals surface area contributed by atoms with Crippen molar-refractivity contribution in [3.8, 4) is 11.5 Å². The molecule has 2 rings (SSSR count). The van der Waals surface area contributed by atoms with Gasteiger partial charge in [-0.15, -0.1) is 0 Å². The van der Waals surface area contributed by atoms with E-state index in [-0.39, 0.29) is 17.4 Å². The molecule has 0 saturated heterocycles. The zero-order chi connectivity index (χ0) is 21.2. The SMILES string of the molecule is CCNC(=S)NN=Cc1cc(Cl)c(OCC(=O)Nc2ccc(F)cc2)c(OC)c1. The molecule has 0 unspecified atom stereocenters. The average Bonchev–Trinajstić information content (AvgIpc) is 2.68. The number of hydrogen-bond donors (Lipinski definition) is 3. The Morgan fingerprint density at radius 3 is 2.69 bits per heavy atom. The highest BCUT2D eigenvalue weighted by Gasteiger charge is 2.14. The summed E-state index contributed by atoms with van der Waals surface area (Å²) in [6.45, 7) is 2.29. The maximum absolute atomic E-state index is 12.9. The molecule has 7 nitrogen and oxygen atoms in total. The number of hydrazone groups is 1. The minimum atomic E-state index is -0.429. The van der Waals surface area contributed by atoms with Crippen molar-refractivity contribution in [3.63, 3.8) is 0 Å². The predicted octanol–water partition coefficient (Wildman–Crippen LogP) is 3.32. The first-order valence-electron chi connectivity index (χ1n) is 8.55. The van der Waals surface area contributed by atoms with Crippen LogP contribution in [0.15, 0.2) is 41.5 Å². The number of carbonyl (C=O) groups is 1. The minimum Gasteiger partial charge on any atom is -0.493 e. The van der Waals surface area contributed by atoms with Crippen LogP contribution in [0.25, 0.3) is 0 Å². The van der Waals surface area contributed by atoms with Gasteiger partial charge in [0.15, 0.2) is 23.2 Å². The molecule has 0 aliphatic carbocycles. The lowest BCUT2D eigenvalue weighted by Gasteiger charge is -2.13. The van der Waals surface area contributed by atoms with Crippen molar-refractivity contribution in [1.82, 2.24) is 10.7 Å². The molecule has 3 N–H and O–H groups in total. The molecule has 0 bridgehead atoms. The number of thiocarbonyl (C=S) groups is 1. The number of nitrogens with one attached hydrogen (secondary N) is 3. The van der Waals surface area contributed by atoms with Gasteiger partial charge in [-0.05, 0) is 61.1 Å².